The zero-order valence-corrected chi connectivity index (χ0v) is 17.5. The molecule has 1 heterocycles. The van der Waals surface area contributed by atoms with Crippen molar-refractivity contribution in [3.05, 3.63) is 76.5 Å². The summed E-state index contributed by atoms with van der Waals surface area (Å²) in [7, 11) is 0. The molecule has 0 aliphatic heterocycles. The highest BCUT2D eigenvalue weighted by Crippen LogP contribution is 2.50. The first kappa shape index (κ1) is 19.7. The largest absolute Gasteiger partial charge is 0.491 e. The Morgan fingerprint density at radius 1 is 1.16 bits per heavy atom. The van der Waals surface area contributed by atoms with Crippen LogP contribution < -0.4 is 4.74 Å². The second-order valence-electron chi connectivity index (χ2n) is 8.68. The number of ether oxygens (including phenoxy) is 1. The number of H-pyrrole nitrogens is 1. The fourth-order valence-electron chi connectivity index (χ4n) is 4.67. The minimum absolute atomic E-state index is 0.000568. The van der Waals surface area contributed by atoms with E-state index in [0.29, 0.717) is 11.3 Å². The number of hydrogen-bond acceptors (Lipinski definition) is 5. The maximum atomic E-state index is 13.5. The van der Waals surface area contributed by atoms with Crippen LogP contribution in [0.15, 0.2) is 54.2 Å². The van der Waals surface area contributed by atoms with Crippen molar-refractivity contribution in [3.8, 4) is 17.0 Å². The summed E-state index contributed by atoms with van der Waals surface area (Å²) in [5, 5.41) is 25.6. The van der Waals surface area contributed by atoms with Crippen LogP contribution in [0.1, 0.15) is 40.9 Å². The number of nitrogens with zero attached hydrogens (tertiary/aromatic N) is 1. The predicted molar refractivity (Wildman–Crippen MR) is 117 cm³/mol. The molecule has 0 fully saturated rings. The lowest BCUT2D eigenvalue weighted by Gasteiger charge is -2.34. The van der Waals surface area contributed by atoms with Gasteiger partial charge in [-0.1, -0.05) is 26.0 Å². The highest BCUT2D eigenvalue weighted by Gasteiger charge is 2.43. The zero-order valence-electron chi connectivity index (χ0n) is 17.5. The number of benzene rings is 2. The number of hydrogen-bond donors (Lipinski definition) is 3. The maximum Gasteiger partial charge on any atom is 0.193 e. The van der Waals surface area contributed by atoms with Gasteiger partial charge in [0.25, 0.3) is 0 Å². The summed E-state index contributed by atoms with van der Waals surface area (Å²) in [6.07, 6.45) is 1.52. The van der Waals surface area contributed by atoms with Crippen LogP contribution in [0.5, 0.6) is 5.75 Å². The van der Waals surface area contributed by atoms with Crippen molar-refractivity contribution in [1.29, 1.82) is 0 Å². The van der Waals surface area contributed by atoms with E-state index in [9.17, 15) is 9.90 Å². The van der Waals surface area contributed by atoms with E-state index in [2.05, 4.69) is 30.1 Å². The third kappa shape index (κ3) is 3.10. The highest BCUT2D eigenvalue weighted by molar-refractivity contribution is 6.33. The average molecular weight is 416 g/mol. The van der Waals surface area contributed by atoms with Crippen molar-refractivity contribution >= 4 is 11.4 Å². The molecule has 0 saturated carbocycles. The molecular weight excluding hydrogens is 392 g/mol. The summed E-state index contributed by atoms with van der Waals surface area (Å²) in [6, 6.07) is 13.6. The number of fused-ring (bicyclic) bond motifs is 3. The first-order chi connectivity index (χ1) is 14.9. The van der Waals surface area contributed by atoms with E-state index < -0.39 is 6.10 Å². The molecule has 3 aromatic rings. The number of carbonyl (C=O) groups is 1. The van der Waals surface area contributed by atoms with Crippen LogP contribution in [0.4, 0.5) is 0 Å². The molecule has 0 bridgehead atoms. The third-order valence-electron chi connectivity index (χ3n) is 6.40. The Morgan fingerprint density at radius 3 is 2.71 bits per heavy atom. The normalized spacial score (nSPS) is 17.2. The molecule has 1 aromatic heterocycles. The number of allylic oxidation sites excluding steroid dienone is 2. The number of Topliss-reactive ketones (excluding diaryl/α,β-unsaturated/α-hetero) is 1. The Labute approximate surface area is 180 Å². The average Bonchev–Trinajstić information content (AvgIpc) is 3.44. The molecule has 1 atom stereocenters. The summed E-state index contributed by atoms with van der Waals surface area (Å²) < 4.78 is 5.64. The number of ketones is 1. The molecule has 0 amide bonds. The highest BCUT2D eigenvalue weighted by atomic mass is 16.5. The lowest BCUT2D eigenvalue weighted by Crippen LogP contribution is -2.30. The molecule has 0 spiro atoms. The van der Waals surface area contributed by atoms with Crippen molar-refractivity contribution in [1.82, 2.24) is 10.2 Å². The lowest BCUT2D eigenvalue weighted by atomic mass is 9.68. The van der Waals surface area contributed by atoms with Crippen molar-refractivity contribution < 1.29 is 19.7 Å². The van der Waals surface area contributed by atoms with E-state index in [0.717, 1.165) is 45.5 Å². The van der Waals surface area contributed by atoms with Crippen molar-refractivity contribution in [3.63, 3.8) is 0 Å². The number of carbonyl (C=O) groups excluding carboxylic acids is 1. The van der Waals surface area contributed by atoms with E-state index in [4.69, 9.17) is 9.84 Å². The molecule has 3 N–H and O–H groups in total. The van der Waals surface area contributed by atoms with Crippen LogP contribution in [-0.2, 0) is 11.8 Å². The SMILES string of the molecule is CC1(C)C2=C(C(=O)c3ccc(OC[C@H](O)CO)cc31)c1ccc(-c3ccn[nH]3)cc1C2. The molecule has 2 aliphatic rings. The smallest absolute Gasteiger partial charge is 0.193 e. The number of nitrogens with one attached hydrogen (secondary N) is 1. The Bertz CT molecular complexity index is 1210. The third-order valence-corrected chi connectivity index (χ3v) is 6.40. The molecule has 0 radical (unpaired) electrons. The molecule has 6 nitrogen and oxygen atoms in total. The van der Waals surface area contributed by atoms with Gasteiger partial charge < -0.3 is 14.9 Å². The van der Waals surface area contributed by atoms with Crippen molar-refractivity contribution in [2.24, 2.45) is 0 Å². The van der Waals surface area contributed by atoms with Crippen LogP contribution >= 0.6 is 0 Å². The summed E-state index contributed by atoms with van der Waals surface area (Å²) in [6.45, 7) is 3.92. The standard InChI is InChI=1S/C25H24N2O4/c1-25(2)20-11-17(31-13-16(29)12-28)4-6-19(20)24(30)23-18-5-3-14(22-7-8-26-27-22)9-15(18)10-21(23)25/h3-9,11,16,28-29H,10,12-13H2,1-2H3,(H,26,27)/t16-/m1/s1. The number of rotatable bonds is 5. The molecule has 31 heavy (non-hydrogen) atoms. The fraction of sp³-hybridized carbons (Fsp3) is 0.280. The summed E-state index contributed by atoms with van der Waals surface area (Å²) in [5.41, 5.74) is 7.36. The molecule has 0 unspecified atom stereocenters. The molecule has 6 heteroatoms. The van der Waals surface area contributed by atoms with Crippen LogP contribution in [0.3, 0.4) is 0 Å². The Morgan fingerprint density at radius 2 is 1.97 bits per heavy atom. The topological polar surface area (TPSA) is 95.4 Å². The van der Waals surface area contributed by atoms with Gasteiger partial charge >= 0.3 is 0 Å². The van der Waals surface area contributed by atoms with Gasteiger partial charge in [-0.15, -0.1) is 0 Å². The van der Waals surface area contributed by atoms with Crippen LogP contribution in [0.25, 0.3) is 16.8 Å². The number of aliphatic hydroxyl groups excluding tert-OH is 2. The number of aromatic amines is 1. The van der Waals surface area contributed by atoms with Gasteiger partial charge in [-0.05, 0) is 64.6 Å². The Balaban J connectivity index is 1.52. The molecule has 158 valence electrons. The summed E-state index contributed by atoms with van der Waals surface area (Å²) in [4.78, 5) is 13.5. The van der Waals surface area contributed by atoms with Gasteiger partial charge in [0, 0.05) is 22.7 Å². The minimum Gasteiger partial charge on any atom is -0.491 e. The van der Waals surface area contributed by atoms with Crippen molar-refractivity contribution in [2.75, 3.05) is 13.2 Å². The molecule has 2 aliphatic carbocycles. The van der Waals surface area contributed by atoms with E-state index >= 15 is 0 Å². The summed E-state index contributed by atoms with van der Waals surface area (Å²) in [5.74, 6) is 0.618. The second-order valence-corrected chi connectivity index (χ2v) is 8.68. The van der Waals surface area contributed by atoms with Gasteiger partial charge in [0.05, 0.1) is 12.3 Å². The molecular formula is C25H24N2O4. The lowest BCUT2D eigenvalue weighted by molar-refractivity contribution is 0.0535. The minimum atomic E-state index is -0.937. The second kappa shape index (κ2) is 7.18. The number of aliphatic hydroxyl groups is 2. The van der Waals surface area contributed by atoms with Gasteiger partial charge in [-0.25, -0.2) is 0 Å². The van der Waals surface area contributed by atoms with E-state index in [1.807, 2.05) is 24.3 Å². The van der Waals surface area contributed by atoms with Gasteiger partial charge in [0.2, 0.25) is 0 Å². The van der Waals surface area contributed by atoms with Crippen molar-refractivity contribution in [2.45, 2.75) is 31.8 Å². The van der Waals surface area contributed by atoms with Crippen LogP contribution in [0.2, 0.25) is 0 Å². The van der Waals surface area contributed by atoms with Gasteiger partial charge in [-0.3, -0.25) is 9.89 Å². The monoisotopic (exact) mass is 416 g/mol. The van der Waals surface area contributed by atoms with Crippen LogP contribution in [-0.4, -0.2) is 45.5 Å². The molecule has 0 saturated heterocycles. The molecule has 5 rings (SSSR count). The van der Waals surface area contributed by atoms with Gasteiger partial charge in [0.15, 0.2) is 5.78 Å². The van der Waals surface area contributed by atoms with Crippen LogP contribution in [0, 0.1) is 0 Å². The maximum absolute atomic E-state index is 13.5. The van der Waals surface area contributed by atoms with E-state index in [1.54, 1.807) is 18.3 Å². The Kier molecular flexibility index (Phi) is 4.57. The fourth-order valence-corrected chi connectivity index (χ4v) is 4.67. The molecule has 2 aromatic carbocycles. The van der Waals surface area contributed by atoms with E-state index in [1.165, 1.54) is 0 Å². The first-order valence-corrected chi connectivity index (χ1v) is 10.4. The number of aromatic nitrogens is 2. The zero-order chi connectivity index (χ0) is 21.8. The Hall–Kier alpha value is -3.22. The van der Waals surface area contributed by atoms with Gasteiger partial charge in [0.1, 0.15) is 18.5 Å². The predicted octanol–water partition coefficient (Wildman–Crippen LogP) is 3.29. The quantitative estimate of drug-likeness (QED) is 0.593. The van der Waals surface area contributed by atoms with E-state index in [-0.39, 0.29) is 24.4 Å². The van der Waals surface area contributed by atoms with Gasteiger partial charge in [-0.2, -0.15) is 5.10 Å². The first-order valence-electron chi connectivity index (χ1n) is 10.4. The summed E-state index contributed by atoms with van der Waals surface area (Å²) >= 11 is 0.